The molecule has 1 atom stereocenters. The predicted molar refractivity (Wildman–Crippen MR) is 66.4 cm³/mol. The van der Waals surface area contributed by atoms with Gasteiger partial charge in [-0.15, -0.1) is 0 Å². The molecule has 0 saturated heterocycles. The largest absolute Gasteiger partial charge is 0.481 e. The lowest BCUT2D eigenvalue weighted by Crippen LogP contribution is -2.24. The fourth-order valence-corrected chi connectivity index (χ4v) is 2.76. The van der Waals surface area contributed by atoms with Crippen LogP contribution >= 0.6 is 11.6 Å². The Balaban J connectivity index is 2.09. The van der Waals surface area contributed by atoms with Gasteiger partial charge >= 0.3 is 5.97 Å². The number of carboxylic acid groups (broad SMARTS) is 1. The van der Waals surface area contributed by atoms with E-state index >= 15 is 0 Å². The van der Waals surface area contributed by atoms with E-state index in [1.807, 2.05) is 18.2 Å². The van der Waals surface area contributed by atoms with Crippen molar-refractivity contribution in [1.82, 2.24) is 4.57 Å². The summed E-state index contributed by atoms with van der Waals surface area (Å²) in [4.78, 5) is 11.0. The quantitative estimate of drug-likeness (QED) is 0.844. The van der Waals surface area contributed by atoms with Gasteiger partial charge in [-0.3, -0.25) is 4.79 Å². The first-order valence-corrected chi connectivity index (χ1v) is 6.03. The van der Waals surface area contributed by atoms with E-state index in [1.54, 1.807) is 0 Å². The molecule has 1 aliphatic heterocycles. The molecule has 2 heterocycles. The number of halogens is 1. The van der Waals surface area contributed by atoms with Gasteiger partial charge in [-0.1, -0.05) is 11.6 Å². The second-order valence-corrected chi connectivity index (χ2v) is 4.95. The molecule has 3 rings (SSSR count). The summed E-state index contributed by atoms with van der Waals surface area (Å²) in [6, 6.07) is 7.86. The number of aliphatic carboxylic acids is 1. The zero-order valence-corrected chi connectivity index (χ0v) is 9.94. The zero-order chi connectivity index (χ0) is 12.0. The van der Waals surface area contributed by atoms with Crippen molar-refractivity contribution in [3.63, 3.8) is 0 Å². The molecule has 0 spiro atoms. The molecule has 0 aliphatic carbocycles. The number of carbonyl (C=O) groups is 1. The molecule has 0 saturated carbocycles. The van der Waals surface area contributed by atoms with E-state index in [4.69, 9.17) is 16.7 Å². The van der Waals surface area contributed by atoms with E-state index in [0.29, 0.717) is 12.8 Å². The molecule has 2 aromatic rings. The van der Waals surface area contributed by atoms with Gasteiger partial charge in [0.05, 0.1) is 5.92 Å². The van der Waals surface area contributed by atoms with Gasteiger partial charge in [0.2, 0.25) is 0 Å². The van der Waals surface area contributed by atoms with Gasteiger partial charge < -0.3 is 9.67 Å². The molecule has 4 heteroatoms. The molecule has 0 fully saturated rings. The summed E-state index contributed by atoms with van der Waals surface area (Å²) in [6.07, 6.45) is 1.32. The number of carboxylic acids is 1. The SMILES string of the molecule is O=C(O)C1CCn2c(cc3cc(Cl)ccc32)C1. The number of fused-ring (bicyclic) bond motifs is 3. The van der Waals surface area contributed by atoms with Crippen molar-refractivity contribution in [1.29, 1.82) is 0 Å². The van der Waals surface area contributed by atoms with Gasteiger partial charge in [-0.05, 0) is 30.7 Å². The van der Waals surface area contributed by atoms with Crippen molar-refractivity contribution in [3.8, 4) is 0 Å². The molecule has 17 heavy (non-hydrogen) atoms. The van der Waals surface area contributed by atoms with Gasteiger partial charge in [-0.2, -0.15) is 0 Å². The van der Waals surface area contributed by atoms with Crippen LogP contribution in [0.5, 0.6) is 0 Å². The average molecular weight is 250 g/mol. The monoisotopic (exact) mass is 249 g/mol. The molecule has 0 amide bonds. The number of aryl methyl sites for hydroxylation is 1. The summed E-state index contributed by atoms with van der Waals surface area (Å²) >= 11 is 5.96. The maximum Gasteiger partial charge on any atom is 0.306 e. The van der Waals surface area contributed by atoms with Gasteiger partial charge in [0.25, 0.3) is 0 Å². The summed E-state index contributed by atoms with van der Waals surface area (Å²) in [6.45, 7) is 0.775. The highest BCUT2D eigenvalue weighted by Gasteiger charge is 2.25. The number of hydrogen-bond acceptors (Lipinski definition) is 1. The highest BCUT2D eigenvalue weighted by molar-refractivity contribution is 6.31. The van der Waals surface area contributed by atoms with E-state index in [-0.39, 0.29) is 5.92 Å². The Morgan fingerprint density at radius 2 is 2.24 bits per heavy atom. The molecular formula is C13H12ClNO2. The second kappa shape index (κ2) is 3.77. The molecular weight excluding hydrogens is 238 g/mol. The molecule has 1 aliphatic rings. The molecule has 1 aromatic heterocycles. The lowest BCUT2D eigenvalue weighted by Gasteiger charge is -2.21. The first-order chi connectivity index (χ1) is 8.15. The van der Waals surface area contributed by atoms with Crippen LogP contribution in [0.15, 0.2) is 24.3 Å². The van der Waals surface area contributed by atoms with Gasteiger partial charge in [0.15, 0.2) is 0 Å². The van der Waals surface area contributed by atoms with E-state index in [0.717, 1.165) is 28.2 Å². The van der Waals surface area contributed by atoms with E-state index in [9.17, 15) is 4.79 Å². The van der Waals surface area contributed by atoms with Crippen LogP contribution < -0.4 is 0 Å². The number of hydrogen-bond donors (Lipinski definition) is 1. The summed E-state index contributed by atoms with van der Waals surface area (Å²) < 4.78 is 2.20. The molecule has 1 unspecified atom stereocenters. The highest BCUT2D eigenvalue weighted by atomic mass is 35.5. The van der Waals surface area contributed by atoms with Crippen molar-refractivity contribution in [2.24, 2.45) is 5.92 Å². The van der Waals surface area contributed by atoms with Crippen molar-refractivity contribution in [3.05, 3.63) is 35.0 Å². The van der Waals surface area contributed by atoms with Crippen LogP contribution in [0.3, 0.4) is 0 Å². The molecule has 88 valence electrons. The first-order valence-electron chi connectivity index (χ1n) is 5.65. The Labute approximate surface area is 104 Å². The third kappa shape index (κ3) is 1.71. The van der Waals surface area contributed by atoms with Crippen molar-refractivity contribution >= 4 is 28.5 Å². The number of aromatic nitrogens is 1. The topological polar surface area (TPSA) is 42.2 Å². The Morgan fingerprint density at radius 3 is 3.00 bits per heavy atom. The minimum absolute atomic E-state index is 0.248. The zero-order valence-electron chi connectivity index (χ0n) is 9.19. The van der Waals surface area contributed by atoms with Crippen LogP contribution in [0, 0.1) is 5.92 Å². The highest BCUT2D eigenvalue weighted by Crippen LogP contribution is 2.29. The Bertz CT molecular complexity index is 603. The summed E-state index contributed by atoms with van der Waals surface area (Å²) in [5.74, 6) is -0.943. The fourth-order valence-electron chi connectivity index (χ4n) is 2.58. The van der Waals surface area contributed by atoms with Crippen LogP contribution in [0.4, 0.5) is 0 Å². The normalized spacial score (nSPS) is 19.2. The van der Waals surface area contributed by atoms with Crippen molar-refractivity contribution in [2.45, 2.75) is 19.4 Å². The van der Waals surface area contributed by atoms with Gasteiger partial charge in [0, 0.05) is 34.6 Å². The summed E-state index contributed by atoms with van der Waals surface area (Å²) in [5.41, 5.74) is 2.24. The number of nitrogens with zero attached hydrogens (tertiary/aromatic N) is 1. The standard InChI is InChI=1S/C13H12ClNO2/c14-10-1-2-12-9(5-10)7-11-6-8(13(16)17)3-4-15(11)12/h1-2,5,7-8H,3-4,6H2,(H,16,17). The fraction of sp³-hybridized carbons (Fsp3) is 0.308. The average Bonchev–Trinajstić information content (AvgIpc) is 2.64. The predicted octanol–water partition coefficient (Wildman–Crippen LogP) is 2.94. The molecule has 1 aromatic carbocycles. The third-order valence-electron chi connectivity index (χ3n) is 3.46. The minimum Gasteiger partial charge on any atom is -0.481 e. The van der Waals surface area contributed by atoms with Gasteiger partial charge in [0.1, 0.15) is 0 Å². The maximum atomic E-state index is 11.0. The lowest BCUT2D eigenvalue weighted by atomic mass is 9.96. The van der Waals surface area contributed by atoms with Crippen LogP contribution in [0.1, 0.15) is 12.1 Å². The van der Waals surface area contributed by atoms with E-state index in [1.165, 1.54) is 0 Å². The third-order valence-corrected chi connectivity index (χ3v) is 3.69. The van der Waals surface area contributed by atoms with Crippen LogP contribution in [-0.4, -0.2) is 15.6 Å². The Kier molecular flexibility index (Phi) is 2.37. The van der Waals surface area contributed by atoms with E-state index in [2.05, 4.69) is 10.6 Å². The Hall–Kier alpha value is -1.48. The molecule has 0 bridgehead atoms. The molecule has 1 N–H and O–H groups in total. The van der Waals surface area contributed by atoms with E-state index < -0.39 is 5.97 Å². The first kappa shape index (κ1) is 10.7. The second-order valence-electron chi connectivity index (χ2n) is 4.52. The summed E-state index contributed by atoms with van der Waals surface area (Å²) in [7, 11) is 0. The Morgan fingerprint density at radius 1 is 1.41 bits per heavy atom. The van der Waals surface area contributed by atoms with Crippen molar-refractivity contribution in [2.75, 3.05) is 0 Å². The summed E-state index contributed by atoms with van der Waals surface area (Å²) in [5, 5.41) is 10.9. The maximum absolute atomic E-state index is 11.0. The van der Waals surface area contributed by atoms with Gasteiger partial charge in [-0.25, -0.2) is 0 Å². The minimum atomic E-state index is -0.695. The van der Waals surface area contributed by atoms with Crippen molar-refractivity contribution < 1.29 is 9.90 Å². The number of benzene rings is 1. The van der Waals surface area contributed by atoms with Crippen LogP contribution in [-0.2, 0) is 17.8 Å². The number of rotatable bonds is 1. The molecule has 3 nitrogen and oxygen atoms in total. The lowest BCUT2D eigenvalue weighted by molar-refractivity contribution is -0.142. The smallest absolute Gasteiger partial charge is 0.306 e. The molecule has 0 radical (unpaired) electrons. The van der Waals surface area contributed by atoms with Crippen LogP contribution in [0.2, 0.25) is 5.02 Å². The van der Waals surface area contributed by atoms with Crippen LogP contribution in [0.25, 0.3) is 10.9 Å².